The molecule has 302 valence electrons. The van der Waals surface area contributed by atoms with Gasteiger partial charge in [0.25, 0.3) is 11.4 Å². The number of Topliss-reactive ketones (excluding diaryl/α,β-unsaturated/α-hetero) is 2. The van der Waals surface area contributed by atoms with E-state index in [2.05, 4.69) is 0 Å². The molecule has 1 aliphatic rings. The highest BCUT2D eigenvalue weighted by atomic mass is 19.4. The van der Waals surface area contributed by atoms with Crippen molar-refractivity contribution in [2.75, 3.05) is 79.8 Å². The van der Waals surface area contributed by atoms with E-state index >= 15 is 0 Å². The molecule has 2 aromatic carbocycles. The van der Waals surface area contributed by atoms with Crippen molar-refractivity contribution < 1.29 is 80.5 Å². The first kappa shape index (κ1) is 44.4. The average Bonchev–Trinajstić information content (AvgIpc) is 3.14. The maximum Gasteiger partial charge on any atom is 0.471 e. The van der Waals surface area contributed by atoms with E-state index in [4.69, 9.17) is 33.2 Å². The van der Waals surface area contributed by atoms with Crippen LogP contribution in [0.3, 0.4) is 0 Å². The molecule has 0 spiro atoms. The maximum atomic E-state index is 13.9. The number of ether oxygens (including phenoxy) is 7. The van der Waals surface area contributed by atoms with Crippen molar-refractivity contribution in [1.82, 2.24) is 5.32 Å². The number of nitro benzene ring substituents is 2. The fourth-order valence-corrected chi connectivity index (χ4v) is 5.19. The molecule has 0 aromatic heterocycles. The molecule has 0 bridgehead atoms. The predicted octanol–water partition coefficient (Wildman–Crippen LogP) is 2.49. The summed E-state index contributed by atoms with van der Waals surface area (Å²) in [6, 6.07) is 3.71. The number of nitrogens with one attached hydrogen (secondary N) is 1. The Morgan fingerprint density at radius 1 is 0.800 bits per heavy atom. The van der Waals surface area contributed by atoms with Gasteiger partial charge in [0.2, 0.25) is 0 Å². The second-order valence-corrected chi connectivity index (χ2v) is 11.5. The van der Waals surface area contributed by atoms with Gasteiger partial charge in [0.05, 0.1) is 100 Å². The predicted molar refractivity (Wildman–Crippen MR) is 178 cm³/mol. The second kappa shape index (κ2) is 21.8. The van der Waals surface area contributed by atoms with Gasteiger partial charge in [-0.1, -0.05) is 0 Å². The number of halogens is 3. The molecule has 1 amide bonds. The number of methoxy groups -OCH3 is 1. The lowest BCUT2D eigenvalue weighted by Gasteiger charge is -2.40. The Balaban J connectivity index is 1.79. The fraction of sp³-hybridized carbons (Fsp3) is 0.515. The van der Waals surface area contributed by atoms with Crippen LogP contribution in [0.2, 0.25) is 0 Å². The summed E-state index contributed by atoms with van der Waals surface area (Å²) >= 11 is 0. The quantitative estimate of drug-likeness (QED) is 0.0671. The van der Waals surface area contributed by atoms with Crippen molar-refractivity contribution in [3.05, 3.63) is 79.4 Å². The summed E-state index contributed by atoms with van der Waals surface area (Å²) in [4.78, 5) is 73.1. The zero-order valence-electron chi connectivity index (χ0n) is 29.2. The van der Waals surface area contributed by atoms with Gasteiger partial charge in [0, 0.05) is 42.5 Å². The summed E-state index contributed by atoms with van der Waals surface area (Å²) in [5.74, 6) is -8.85. The Morgan fingerprint density at radius 2 is 1.29 bits per heavy atom. The lowest BCUT2D eigenvalue weighted by atomic mass is 9.78. The van der Waals surface area contributed by atoms with Gasteiger partial charge in [0.1, 0.15) is 12.1 Å². The number of aromatic carboxylic acids is 1. The summed E-state index contributed by atoms with van der Waals surface area (Å²) in [5, 5.41) is 34.0. The van der Waals surface area contributed by atoms with Gasteiger partial charge >= 0.3 is 18.1 Å². The fourth-order valence-electron chi connectivity index (χ4n) is 5.19. The number of carbonyl (C=O) groups excluding carboxylic acids is 3. The van der Waals surface area contributed by atoms with E-state index in [1.54, 1.807) is 7.11 Å². The van der Waals surface area contributed by atoms with E-state index in [0.29, 0.717) is 39.1 Å². The minimum Gasteiger partial charge on any atom is -0.478 e. The topological polar surface area (TPSA) is 251 Å². The molecule has 55 heavy (non-hydrogen) atoms. The molecule has 3 rings (SSSR count). The van der Waals surface area contributed by atoms with E-state index in [1.807, 2.05) is 0 Å². The van der Waals surface area contributed by atoms with Crippen LogP contribution >= 0.6 is 0 Å². The van der Waals surface area contributed by atoms with Gasteiger partial charge in [-0.25, -0.2) is 4.79 Å². The first-order valence-corrected chi connectivity index (χ1v) is 16.4. The minimum atomic E-state index is -5.56. The highest BCUT2D eigenvalue weighted by molar-refractivity contribution is 6.06. The van der Waals surface area contributed by atoms with Crippen LogP contribution < -0.4 is 5.32 Å². The summed E-state index contributed by atoms with van der Waals surface area (Å²) in [7, 11) is 1.56. The number of carboxylic acids is 1. The van der Waals surface area contributed by atoms with E-state index in [1.165, 1.54) is 5.32 Å². The SMILES string of the molecule is COCCOCCOCCOCCOCCOC[C@H]1OC(c2cc([N+](=O)[O-])ccc2C(=O)O)C(=O)[C@@H](NC(=O)C(F)(F)F)[C@@H]1C(=O)c1ccc([N+](=O)[O-])cc1. The molecular formula is C33H38F3N3O16. The number of amides is 1. The van der Waals surface area contributed by atoms with Crippen molar-refractivity contribution in [2.24, 2.45) is 5.92 Å². The van der Waals surface area contributed by atoms with Gasteiger partial charge in [0.15, 0.2) is 11.6 Å². The standard InChI is InChI=1S/C33H38F3N3O16/c1-49-8-9-50-10-11-51-12-13-52-14-15-53-16-17-54-19-25-26(28(40)20-2-4-21(5-3-20)38(45)46)27(37-32(44)33(34,35)36)29(41)30(55-25)24-18-22(39(47)48)6-7-23(24)31(42)43/h2-7,18,25-27,30H,8-17,19H2,1H3,(H,37,44)(H,42,43)/t25-,26-,27+,30?/m1/s1. The number of rotatable bonds is 24. The summed E-state index contributed by atoms with van der Waals surface area (Å²) < 4.78 is 78.3. The van der Waals surface area contributed by atoms with E-state index in [0.717, 1.165) is 36.4 Å². The lowest BCUT2D eigenvalue weighted by Crippen LogP contribution is -2.61. The third-order valence-electron chi connectivity index (χ3n) is 7.81. The van der Waals surface area contributed by atoms with Gasteiger partial charge in [-0.05, 0) is 18.2 Å². The molecule has 0 aliphatic carbocycles. The summed E-state index contributed by atoms with van der Waals surface area (Å²) in [6.45, 7) is 1.58. The Morgan fingerprint density at radius 3 is 1.76 bits per heavy atom. The smallest absolute Gasteiger partial charge is 0.471 e. The zero-order chi connectivity index (χ0) is 40.5. The van der Waals surface area contributed by atoms with Crippen molar-refractivity contribution in [3.8, 4) is 0 Å². The lowest BCUT2D eigenvalue weighted by molar-refractivity contribution is -0.385. The third kappa shape index (κ3) is 13.4. The average molecular weight is 790 g/mol. The maximum absolute atomic E-state index is 13.9. The Hall–Kier alpha value is -4.97. The zero-order valence-corrected chi connectivity index (χ0v) is 29.2. The number of non-ortho nitro benzene ring substituents is 2. The number of nitro groups is 2. The van der Waals surface area contributed by atoms with Crippen molar-refractivity contribution in [2.45, 2.75) is 24.4 Å². The first-order chi connectivity index (χ1) is 26.2. The molecule has 1 aliphatic heterocycles. The second-order valence-electron chi connectivity index (χ2n) is 11.5. The van der Waals surface area contributed by atoms with E-state index < -0.39 is 92.7 Å². The van der Waals surface area contributed by atoms with Gasteiger partial charge in [-0.3, -0.25) is 34.6 Å². The number of hydrogen-bond acceptors (Lipinski definition) is 15. The highest BCUT2D eigenvalue weighted by Gasteiger charge is 2.53. The number of ketones is 2. The Labute approximate surface area is 310 Å². The molecule has 1 saturated heterocycles. The molecule has 0 radical (unpaired) electrons. The van der Waals surface area contributed by atoms with Crippen LogP contribution in [0.25, 0.3) is 0 Å². The minimum absolute atomic E-state index is 0.0724. The number of carbonyl (C=O) groups is 4. The molecule has 1 unspecified atom stereocenters. The Kier molecular flexibility index (Phi) is 17.6. The van der Waals surface area contributed by atoms with Crippen LogP contribution in [0.4, 0.5) is 24.5 Å². The molecule has 0 saturated carbocycles. The third-order valence-corrected chi connectivity index (χ3v) is 7.81. The van der Waals surface area contributed by atoms with Crippen LogP contribution in [-0.4, -0.2) is 137 Å². The van der Waals surface area contributed by atoms with Crippen molar-refractivity contribution in [1.29, 1.82) is 0 Å². The van der Waals surface area contributed by atoms with Crippen LogP contribution in [0.5, 0.6) is 0 Å². The number of benzene rings is 2. The Bertz CT molecular complexity index is 1640. The van der Waals surface area contributed by atoms with Crippen molar-refractivity contribution in [3.63, 3.8) is 0 Å². The molecule has 22 heteroatoms. The summed E-state index contributed by atoms with van der Waals surface area (Å²) in [6.07, 6.45) is -9.43. The van der Waals surface area contributed by atoms with Gasteiger partial charge in [-0.2, -0.15) is 13.2 Å². The number of nitrogens with zero attached hydrogens (tertiary/aromatic N) is 2. The van der Waals surface area contributed by atoms with E-state index in [-0.39, 0.29) is 38.6 Å². The largest absolute Gasteiger partial charge is 0.478 e. The van der Waals surface area contributed by atoms with Crippen molar-refractivity contribution >= 4 is 34.8 Å². The van der Waals surface area contributed by atoms with E-state index in [9.17, 15) is 57.7 Å². The number of carboxylic acid groups (broad SMARTS) is 1. The number of alkyl halides is 3. The molecular weight excluding hydrogens is 751 g/mol. The first-order valence-electron chi connectivity index (χ1n) is 16.4. The van der Waals surface area contributed by atoms with Crippen LogP contribution in [0.15, 0.2) is 42.5 Å². The van der Waals surface area contributed by atoms with Crippen LogP contribution in [-0.2, 0) is 42.7 Å². The molecule has 2 N–H and O–H groups in total. The molecule has 1 heterocycles. The molecule has 2 aromatic rings. The molecule has 1 fully saturated rings. The summed E-state index contributed by atoms with van der Waals surface area (Å²) in [5.41, 5.74) is -2.82. The van der Waals surface area contributed by atoms with Gasteiger partial charge < -0.3 is 43.6 Å². The highest BCUT2D eigenvalue weighted by Crippen LogP contribution is 2.38. The molecule has 19 nitrogen and oxygen atoms in total. The molecule has 4 atom stereocenters. The monoisotopic (exact) mass is 789 g/mol. The van der Waals surface area contributed by atoms with Crippen LogP contribution in [0.1, 0.15) is 32.4 Å². The normalized spacial score (nSPS) is 18.5. The number of hydrogen-bond donors (Lipinski definition) is 2. The van der Waals surface area contributed by atoms with Crippen LogP contribution in [0, 0.1) is 26.1 Å². The van der Waals surface area contributed by atoms with Gasteiger partial charge in [-0.15, -0.1) is 0 Å².